The normalized spacial score (nSPS) is 11.7. The minimum atomic E-state index is 0. The molecule has 92 valence electrons. The molecule has 0 heterocycles. The fourth-order valence-electron chi connectivity index (χ4n) is 2.24. The third kappa shape index (κ3) is 6.69. The molecule has 0 radical (unpaired) electrons. The van der Waals surface area contributed by atoms with Crippen LogP contribution in [-0.2, 0) is 0 Å². The van der Waals surface area contributed by atoms with Crippen LogP contribution in [0.1, 0.15) is 53.4 Å². The van der Waals surface area contributed by atoms with Crippen molar-refractivity contribution in [3.05, 3.63) is 12.3 Å². The quantitative estimate of drug-likeness (QED) is 0.567. The van der Waals surface area contributed by atoms with Gasteiger partial charge in [0.25, 0.3) is 0 Å². The Labute approximate surface area is 95.9 Å². The van der Waals surface area contributed by atoms with Crippen molar-refractivity contribution in [2.75, 3.05) is 19.6 Å². The molecule has 15 heavy (non-hydrogen) atoms. The first-order valence-corrected chi connectivity index (χ1v) is 6.24. The molecule has 1 N–H and O–H groups in total. The van der Waals surface area contributed by atoms with Crippen LogP contribution in [-0.4, -0.2) is 29.6 Å². The Hall–Kier alpha value is -0.340. The zero-order valence-electron chi connectivity index (χ0n) is 11.0. The molecule has 0 saturated heterocycles. The van der Waals surface area contributed by atoms with Crippen molar-refractivity contribution in [3.63, 3.8) is 0 Å². The summed E-state index contributed by atoms with van der Waals surface area (Å²) >= 11 is 0. The van der Waals surface area contributed by atoms with E-state index in [2.05, 4.69) is 40.0 Å². The first-order valence-electron chi connectivity index (χ1n) is 6.24. The highest BCUT2D eigenvalue weighted by Crippen LogP contribution is 2.13. The molecule has 2 nitrogen and oxygen atoms in total. The van der Waals surface area contributed by atoms with Gasteiger partial charge in [0, 0.05) is 0 Å². The van der Waals surface area contributed by atoms with Gasteiger partial charge in [-0.2, -0.15) is 0 Å². The molecule has 0 aromatic heterocycles. The van der Waals surface area contributed by atoms with Crippen LogP contribution in [0, 0.1) is 0 Å². The van der Waals surface area contributed by atoms with Crippen LogP contribution in [0.3, 0.4) is 0 Å². The van der Waals surface area contributed by atoms with Gasteiger partial charge in [0.05, 0.1) is 25.8 Å². The van der Waals surface area contributed by atoms with Crippen LogP contribution in [0.15, 0.2) is 12.3 Å². The Morgan fingerprint density at radius 3 is 1.73 bits per heavy atom. The maximum absolute atomic E-state index is 2.41. The molecular weight excluding hydrogens is 186 g/mol. The summed E-state index contributed by atoms with van der Waals surface area (Å²) in [6, 6.07) is 0. The van der Waals surface area contributed by atoms with Gasteiger partial charge in [-0.05, 0) is 32.3 Å². The predicted octanol–water partition coefficient (Wildman–Crippen LogP) is 3.78. The molecule has 0 atom stereocenters. The van der Waals surface area contributed by atoms with Gasteiger partial charge in [-0.1, -0.05) is 27.2 Å². The van der Waals surface area contributed by atoms with Gasteiger partial charge >= 0.3 is 0 Å². The summed E-state index contributed by atoms with van der Waals surface area (Å²) in [5.41, 5.74) is 0. The van der Waals surface area contributed by atoms with Gasteiger partial charge in [-0.15, -0.1) is 0 Å². The van der Waals surface area contributed by atoms with Gasteiger partial charge in [-0.25, -0.2) is 0 Å². The van der Waals surface area contributed by atoms with E-state index >= 15 is 0 Å². The van der Waals surface area contributed by atoms with Gasteiger partial charge in [0.1, 0.15) is 0 Å². The molecule has 0 saturated carbocycles. The Morgan fingerprint density at radius 2 is 1.40 bits per heavy atom. The highest BCUT2D eigenvalue weighted by atomic mass is 16.0. The first-order chi connectivity index (χ1) is 6.74. The molecular formula is C13H29NO. The van der Waals surface area contributed by atoms with Crippen LogP contribution in [0.4, 0.5) is 0 Å². The lowest BCUT2D eigenvalue weighted by Crippen LogP contribution is -2.44. The van der Waals surface area contributed by atoms with Crippen LogP contribution < -0.4 is 0 Å². The number of allylic oxidation sites excluding steroid dienone is 1. The van der Waals surface area contributed by atoms with Gasteiger partial charge in [-0.3, -0.25) is 4.48 Å². The van der Waals surface area contributed by atoms with Crippen molar-refractivity contribution < 1.29 is 9.96 Å². The first kappa shape index (κ1) is 17.1. The van der Waals surface area contributed by atoms with E-state index in [4.69, 9.17) is 0 Å². The van der Waals surface area contributed by atoms with Gasteiger partial charge < -0.3 is 5.48 Å². The molecule has 0 aromatic rings. The molecule has 0 aliphatic heterocycles. The summed E-state index contributed by atoms with van der Waals surface area (Å²) in [5, 5.41) is 0. The number of unbranched alkanes of at least 4 members (excludes halogenated alkanes) is 1. The van der Waals surface area contributed by atoms with Crippen molar-refractivity contribution in [1.82, 2.24) is 0 Å². The monoisotopic (exact) mass is 215 g/mol. The molecule has 0 aliphatic carbocycles. The Balaban J connectivity index is 0. The zero-order chi connectivity index (χ0) is 10.9. The van der Waals surface area contributed by atoms with Crippen molar-refractivity contribution in [1.29, 1.82) is 0 Å². The number of quaternary nitrogens is 1. The zero-order valence-corrected chi connectivity index (χ0v) is 11.0. The SMILES string of the molecule is CC=C[N+](CCC)(CCC)CCCC.[OH-]. The molecule has 2 heteroatoms. The van der Waals surface area contributed by atoms with E-state index in [-0.39, 0.29) is 5.48 Å². The minimum Gasteiger partial charge on any atom is -0.870 e. The molecule has 0 spiro atoms. The molecule has 0 fully saturated rings. The Bertz CT molecular complexity index is 149. The van der Waals surface area contributed by atoms with E-state index in [0.717, 1.165) is 0 Å². The molecule has 0 aliphatic rings. The largest absolute Gasteiger partial charge is 0.870 e. The van der Waals surface area contributed by atoms with Crippen LogP contribution in [0.5, 0.6) is 0 Å². The number of rotatable bonds is 8. The maximum Gasteiger partial charge on any atom is 0.0915 e. The lowest BCUT2D eigenvalue weighted by molar-refractivity contribution is -0.880. The fraction of sp³-hybridized carbons (Fsp3) is 0.846. The summed E-state index contributed by atoms with van der Waals surface area (Å²) in [4.78, 5) is 0. The smallest absolute Gasteiger partial charge is 0.0915 e. The second kappa shape index (κ2) is 10.2. The van der Waals surface area contributed by atoms with E-state index < -0.39 is 0 Å². The van der Waals surface area contributed by atoms with Crippen molar-refractivity contribution in [2.24, 2.45) is 0 Å². The lowest BCUT2D eigenvalue weighted by atomic mass is 10.2. The lowest BCUT2D eigenvalue weighted by Gasteiger charge is -2.34. The third-order valence-electron chi connectivity index (χ3n) is 2.76. The average Bonchev–Trinajstić information content (AvgIpc) is 2.16. The summed E-state index contributed by atoms with van der Waals surface area (Å²) in [6.07, 6.45) is 9.86. The van der Waals surface area contributed by atoms with Crippen LogP contribution in [0.2, 0.25) is 0 Å². The number of nitrogens with zero attached hydrogens (tertiary/aromatic N) is 1. The predicted molar refractivity (Wildman–Crippen MR) is 67.1 cm³/mol. The minimum absolute atomic E-state index is 0. The summed E-state index contributed by atoms with van der Waals surface area (Å²) in [7, 11) is 0. The van der Waals surface area contributed by atoms with Crippen molar-refractivity contribution >= 4 is 0 Å². The number of hydrogen-bond acceptors (Lipinski definition) is 1. The average molecular weight is 215 g/mol. The van der Waals surface area contributed by atoms with Crippen LogP contribution in [0.25, 0.3) is 0 Å². The second-order valence-electron chi connectivity index (χ2n) is 4.23. The summed E-state index contributed by atoms with van der Waals surface area (Å²) in [6.45, 7) is 12.9. The van der Waals surface area contributed by atoms with Crippen molar-refractivity contribution in [3.8, 4) is 0 Å². The summed E-state index contributed by atoms with van der Waals surface area (Å²) < 4.78 is 1.21. The molecule has 0 amide bonds. The maximum atomic E-state index is 2.41. The van der Waals surface area contributed by atoms with E-state index in [1.807, 2.05) is 0 Å². The molecule has 0 bridgehead atoms. The standard InChI is InChI=1S/C13H28N.H2O/c1-5-9-13-14(10-6-2,11-7-3)12-8-4;/h6,10H,5,7-9,11-13H2,1-4H3;1H2/q+1;/p-1. The van der Waals surface area contributed by atoms with Crippen molar-refractivity contribution in [2.45, 2.75) is 53.4 Å². The third-order valence-corrected chi connectivity index (χ3v) is 2.76. The van der Waals surface area contributed by atoms with Gasteiger partial charge in [0.2, 0.25) is 0 Å². The van der Waals surface area contributed by atoms with E-state index in [0.29, 0.717) is 0 Å². The van der Waals surface area contributed by atoms with E-state index in [9.17, 15) is 0 Å². The molecule has 0 unspecified atom stereocenters. The second-order valence-corrected chi connectivity index (χ2v) is 4.23. The van der Waals surface area contributed by atoms with E-state index in [1.165, 1.54) is 49.8 Å². The van der Waals surface area contributed by atoms with Crippen LogP contribution >= 0.6 is 0 Å². The van der Waals surface area contributed by atoms with E-state index in [1.54, 1.807) is 0 Å². The highest BCUT2D eigenvalue weighted by molar-refractivity contribution is 4.69. The topological polar surface area (TPSA) is 30.0 Å². The summed E-state index contributed by atoms with van der Waals surface area (Å²) in [5.74, 6) is 0. The Kier molecular flexibility index (Phi) is 11.6. The molecule has 0 aromatic carbocycles. The van der Waals surface area contributed by atoms with Gasteiger partial charge in [0.15, 0.2) is 0 Å². The number of hydrogen-bond donors (Lipinski definition) is 0. The fourth-order valence-corrected chi connectivity index (χ4v) is 2.24. The molecule has 0 rings (SSSR count). The Morgan fingerprint density at radius 1 is 0.867 bits per heavy atom. The highest BCUT2D eigenvalue weighted by Gasteiger charge is 2.21.